The molecule has 2 rings (SSSR count). The number of hydrogen-bond acceptors (Lipinski definition) is 2. The maximum atomic E-state index is 4.64. The van der Waals surface area contributed by atoms with E-state index < -0.39 is 0 Å². The van der Waals surface area contributed by atoms with Crippen LogP contribution in [0.2, 0.25) is 0 Å². The van der Waals surface area contributed by atoms with E-state index in [4.69, 9.17) is 0 Å². The molecule has 0 saturated heterocycles. The van der Waals surface area contributed by atoms with Gasteiger partial charge in [-0.3, -0.25) is 0 Å². The van der Waals surface area contributed by atoms with Crippen LogP contribution in [0.4, 0.5) is 0 Å². The summed E-state index contributed by atoms with van der Waals surface area (Å²) in [6.07, 6.45) is 1.83. The van der Waals surface area contributed by atoms with Gasteiger partial charge in [0.1, 0.15) is 0 Å². The molecule has 0 aliphatic rings. The van der Waals surface area contributed by atoms with E-state index in [9.17, 15) is 0 Å². The van der Waals surface area contributed by atoms with Crippen molar-refractivity contribution in [3.8, 4) is 0 Å². The highest BCUT2D eigenvalue weighted by atomic mass is 15.3. The molecule has 0 unspecified atom stereocenters. The first kappa shape index (κ1) is 10.1. The molecule has 0 bridgehead atoms. The fraction of sp³-hybridized carbons (Fsp3) is 0.500. The third-order valence-electron chi connectivity index (χ3n) is 2.53. The van der Waals surface area contributed by atoms with Crippen LogP contribution in [0.1, 0.15) is 45.3 Å². The second-order valence-corrected chi connectivity index (χ2v) is 4.45. The highest BCUT2D eigenvalue weighted by Gasteiger charge is 2.14. The summed E-state index contributed by atoms with van der Waals surface area (Å²) in [6, 6.07) is 4.43. The van der Waals surface area contributed by atoms with Crippen molar-refractivity contribution in [3.63, 3.8) is 0 Å². The zero-order valence-electron chi connectivity index (χ0n) is 9.73. The Bertz CT molecular complexity index is 427. The summed E-state index contributed by atoms with van der Waals surface area (Å²) in [7, 11) is 0. The van der Waals surface area contributed by atoms with Gasteiger partial charge in [-0.2, -0.15) is 5.10 Å². The Kier molecular flexibility index (Phi) is 2.47. The molecule has 0 aliphatic carbocycles. The summed E-state index contributed by atoms with van der Waals surface area (Å²) in [5.41, 5.74) is 2.14. The number of nitrogens with zero attached hydrogens (tertiary/aromatic N) is 3. The van der Waals surface area contributed by atoms with E-state index in [-0.39, 0.29) is 0 Å². The van der Waals surface area contributed by atoms with Crippen LogP contribution in [-0.4, -0.2) is 14.8 Å². The average Bonchev–Trinajstić information content (AvgIpc) is 2.56. The van der Waals surface area contributed by atoms with Gasteiger partial charge in [-0.1, -0.05) is 13.8 Å². The Hall–Kier alpha value is -1.38. The lowest BCUT2D eigenvalue weighted by atomic mass is 10.1. The van der Waals surface area contributed by atoms with Crippen LogP contribution in [0.25, 0.3) is 11.0 Å². The number of hydrogen-bond donors (Lipinski definition) is 0. The van der Waals surface area contributed by atoms with Gasteiger partial charge < -0.3 is 0 Å². The van der Waals surface area contributed by atoms with Crippen LogP contribution in [0.5, 0.6) is 0 Å². The van der Waals surface area contributed by atoms with Gasteiger partial charge in [0.25, 0.3) is 0 Å². The molecule has 0 saturated carbocycles. The molecular weight excluding hydrogens is 186 g/mol. The fourth-order valence-corrected chi connectivity index (χ4v) is 1.78. The Morgan fingerprint density at radius 3 is 2.53 bits per heavy atom. The minimum Gasteiger partial charge on any atom is -0.244 e. The molecule has 2 aromatic rings. The number of fused-ring (bicyclic) bond motifs is 1. The van der Waals surface area contributed by atoms with Crippen molar-refractivity contribution in [1.29, 1.82) is 0 Å². The molecule has 0 radical (unpaired) electrons. The van der Waals surface area contributed by atoms with Crippen molar-refractivity contribution in [2.45, 2.75) is 39.7 Å². The molecule has 2 aromatic heterocycles. The number of rotatable bonds is 2. The van der Waals surface area contributed by atoms with Crippen molar-refractivity contribution in [2.75, 3.05) is 0 Å². The molecule has 2 heterocycles. The Labute approximate surface area is 90.1 Å². The van der Waals surface area contributed by atoms with Gasteiger partial charge in [-0.05, 0) is 31.9 Å². The second kappa shape index (κ2) is 3.65. The van der Waals surface area contributed by atoms with E-state index in [0.717, 1.165) is 11.3 Å². The first-order chi connectivity index (χ1) is 7.11. The highest BCUT2D eigenvalue weighted by molar-refractivity contribution is 5.78. The van der Waals surface area contributed by atoms with Crippen LogP contribution < -0.4 is 0 Å². The zero-order valence-corrected chi connectivity index (χ0v) is 9.73. The Morgan fingerprint density at radius 1 is 1.20 bits per heavy atom. The predicted octanol–water partition coefficient (Wildman–Crippen LogP) is 3.14. The van der Waals surface area contributed by atoms with Gasteiger partial charge in [0.15, 0.2) is 5.65 Å². The molecule has 0 atom stereocenters. The molecule has 3 heteroatoms. The fourth-order valence-electron chi connectivity index (χ4n) is 1.78. The second-order valence-electron chi connectivity index (χ2n) is 4.45. The van der Waals surface area contributed by atoms with E-state index in [2.05, 4.69) is 43.8 Å². The molecule has 0 aromatic carbocycles. The van der Waals surface area contributed by atoms with Gasteiger partial charge in [0, 0.05) is 17.6 Å². The molecule has 0 amide bonds. The van der Waals surface area contributed by atoms with Gasteiger partial charge in [0.2, 0.25) is 0 Å². The standard InChI is InChI=1S/C12H17N3/c1-8(2)11-10-6-5-7-13-12(10)15(14-11)9(3)4/h5-9H,1-4H3. The summed E-state index contributed by atoms with van der Waals surface area (Å²) in [4.78, 5) is 4.41. The SMILES string of the molecule is CC(C)c1nn(C(C)C)c2ncccc12. The summed E-state index contributed by atoms with van der Waals surface area (Å²) in [6.45, 7) is 8.59. The molecular formula is C12H17N3. The first-order valence-corrected chi connectivity index (χ1v) is 5.44. The quantitative estimate of drug-likeness (QED) is 0.750. The predicted molar refractivity (Wildman–Crippen MR) is 62.0 cm³/mol. The third kappa shape index (κ3) is 1.62. The van der Waals surface area contributed by atoms with Crippen molar-refractivity contribution >= 4 is 11.0 Å². The smallest absolute Gasteiger partial charge is 0.158 e. The zero-order chi connectivity index (χ0) is 11.0. The van der Waals surface area contributed by atoms with Crippen LogP contribution in [-0.2, 0) is 0 Å². The van der Waals surface area contributed by atoms with Gasteiger partial charge in [-0.15, -0.1) is 0 Å². The van der Waals surface area contributed by atoms with Gasteiger partial charge >= 0.3 is 0 Å². The number of aromatic nitrogens is 3. The first-order valence-electron chi connectivity index (χ1n) is 5.44. The van der Waals surface area contributed by atoms with Crippen LogP contribution in [0.3, 0.4) is 0 Å². The van der Waals surface area contributed by atoms with Crippen LogP contribution >= 0.6 is 0 Å². The summed E-state index contributed by atoms with van der Waals surface area (Å²) in [5, 5.41) is 5.82. The normalized spacial score (nSPS) is 11.9. The average molecular weight is 203 g/mol. The highest BCUT2D eigenvalue weighted by Crippen LogP contribution is 2.24. The third-order valence-corrected chi connectivity index (χ3v) is 2.53. The summed E-state index contributed by atoms with van der Waals surface area (Å²) < 4.78 is 2.00. The summed E-state index contributed by atoms with van der Waals surface area (Å²) >= 11 is 0. The minimum absolute atomic E-state index is 0.356. The molecule has 15 heavy (non-hydrogen) atoms. The topological polar surface area (TPSA) is 30.7 Å². The lowest BCUT2D eigenvalue weighted by Crippen LogP contribution is -2.04. The largest absolute Gasteiger partial charge is 0.244 e. The molecule has 0 N–H and O–H groups in total. The van der Waals surface area contributed by atoms with E-state index >= 15 is 0 Å². The van der Waals surface area contributed by atoms with Crippen molar-refractivity contribution in [2.24, 2.45) is 0 Å². The van der Waals surface area contributed by atoms with Crippen molar-refractivity contribution in [1.82, 2.24) is 14.8 Å². The Morgan fingerprint density at radius 2 is 1.93 bits per heavy atom. The monoisotopic (exact) mass is 203 g/mol. The lowest BCUT2D eigenvalue weighted by molar-refractivity contribution is 0.535. The minimum atomic E-state index is 0.356. The molecule has 0 fully saturated rings. The van der Waals surface area contributed by atoms with Gasteiger partial charge in [-0.25, -0.2) is 9.67 Å². The van der Waals surface area contributed by atoms with E-state index in [1.54, 1.807) is 0 Å². The lowest BCUT2D eigenvalue weighted by Gasteiger charge is -2.05. The van der Waals surface area contributed by atoms with E-state index in [0.29, 0.717) is 12.0 Å². The van der Waals surface area contributed by atoms with E-state index in [1.807, 2.05) is 16.9 Å². The molecule has 0 aliphatic heterocycles. The van der Waals surface area contributed by atoms with Crippen LogP contribution in [0.15, 0.2) is 18.3 Å². The molecule has 3 nitrogen and oxygen atoms in total. The van der Waals surface area contributed by atoms with Crippen molar-refractivity contribution < 1.29 is 0 Å². The van der Waals surface area contributed by atoms with Crippen LogP contribution in [0, 0.1) is 0 Å². The van der Waals surface area contributed by atoms with Gasteiger partial charge in [0.05, 0.1) is 5.69 Å². The molecule has 80 valence electrons. The maximum absolute atomic E-state index is 4.64. The summed E-state index contributed by atoms with van der Waals surface area (Å²) in [5.74, 6) is 0.441. The maximum Gasteiger partial charge on any atom is 0.158 e. The van der Waals surface area contributed by atoms with Crippen molar-refractivity contribution in [3.05, 3.63) is 24.0 Å². The Balaban J connectivity index is 2.73. The number of pyridine rings is 1. The van der Waals surface area contributed by atoms with E-state index in [1.165, 1.54) is 5.39 Å². The molecule has 0 spiro atoms.